The molecule has 4 amide bonds. The largest absolute Gasteiger partial charge is 0.342 e. The zero-order chi connectivity index (χ0) is 14.6. The second-order valence-corrected chi connectivity index (χ2v) is 7.10. The van der Waals surface area contributed by atoms with E-state index in [1.54, 1.807) is 0 Å². The topological polar surface area (TPSA) is 78.5 Å². The van der Waals surface area contributed by atoms with E-state index in [0.29, 0.717) is 31.8 Å². The van der Waals surface area contributed by atoms with Gasteiger partial charge in [0.2, 0.25) is 5.91 Å². The lowest BCUT2D eigenvalue weighted by molar-refractivity contribution is -0.140. The molecule has 4 rings (SSSR count). The summed E-state index contributed by atoms with van der Waals surface area (Å²) in [5, 5.41) is 5.04. The lowest BCUT2D eigenvalue weighted by Gasteiger charge is -2.39. The number of nitrogens with zero attached hydrogens (tertiary/aromatic N) is 1. The van der Waals surface area contributed by atoms with E-state index in [1.165, 1.54) is 19.3 Å². The lowest BCUT2D eigenvalue weighted by atomic mass is 9.84. The molecule has 2 aliphatic carbocycles. The Morgan fingerprint density at radius 2 is 1.90 bits per heavy atom. The molecule has 2 saturated heterocycles. The summed E-state index contributed by atoms with van der Waals surface area (Å²) >= 11 is 0. The molecule has 114 valence electrons. The monoisotopic (exact) mass is 291 g/mol. The number of carbonyl (C=O) groups is 3. The Bertz CT molecular complexity index is 510. The molecule has 4 fully saturated rings. The van der Waals surface area contributed by atoms with Crippen molar-refractivity contribution < 1.29 is 14.4 Å². The fraction of sp³-hybridized carbons (Fsp3) is 0.800. The van der Waals surface area contributed by atoms with Gasteiger partial charge in [0.1, 0.15) is 5.54 Å². The molecule has 2 saturated carbocycles. The minimum Gasteiger partial charge on any atom is -0.342 e. The molecule has 1 spiro atoms. The molecule has 0 aromatic heterocycles. The van der Waals surface area contributed by atoms with Crippen LogP contribution in [0.3, 0.4) is 0 Å². The van der Waals surface area contributed by atoms with E-state index in [9.17, 15) is 14.4 Å². The van der Waals surface area contributed by atoms with Crippen LogP contribution >= 0.6 is 0 Å². The van der Waals surface area contributed by atoms with Crippen molar-refractivity contribution in [3.63, 3.8) is 0 Å². The van der Waals surface area contributed by atoms with Gasteiger partial charge >= 0.3 is 6.03 Å². The first-order valence-corrected chi connectivity index (χ1v) is 8.00. The number of urea groups is 1. The molecular weight excluding hydrogens is 270 g/mol. The van der Waals surface area contributed by atoms with Crippen molar-refractivity contribution in [2.24, 2.45) is 17.8 Å². The van der Waals surface area contributed by atoms with Crippen LogP contribution in [0, 0.1) is 17.8 Å². The first-order valence-electron chi connectivity index (χ1n) is 8.00. The zero-order valence-corrected chi connectivity index (χ0v) is 12.1. The maximum Gasteiger partial charge on any atom is 0.322 e. The highest BCUT2D eigenvalue weighted by Gasteiger charge is 2.50. The van der Waals surface area contributed by atoms with Crippen LogP contribution in [0.4, 0.5) is 4.79 Å². The van der Waals surface area contributed by atoms with Crippen LogP contribution in [0.5, 0.6) is 0 Å². The van der Waals surface area contributed by atoms with Crippen molar-refractivity contribution in [2.75, 3.05) is 13.1 Å². The Morgan fingerprint density at radius 1 is 1.14 bits per heavy atom. The number of carbonyl (C=O) groups excluding carboxylic acids is 3. The van der Waals surface area contributed by atoms with E-state index < -0.39 is 11.6 Å². The Kier molecular flexibility index (Phi) is 2.78. The summed E-state index contributed by atoms with van der Waals surface area (Å²) in [6, 6.07) is -0.409. The highest BCUT2D eigenvalue weighted by Crippen LogP contribution is 2.49. The Labute approximate surface area is 123 Å². The molecule has 21 heavy (non-hydrogen) atoms. The summed E-state index contributed by atoms with van der Waals surface area (Å²) in [4.78, 5) is 37.8. The predicted molar refractivity (Wildman–Crippen MR) is 74.2 cm³/mol. The predicted octanol–water partition coefficient (Wildman–Crippen LogP) is 0.623. The highest BCUT2D eigenvalue weighted by atomic mass is 16.2. The van der Waals surface area contributed by atoms with Crippen LogP contribution in [0.15, 0.2) is 0 Å². The van der Waals surface area contributed by atoms with Gasteiger partial charge in [-0.15, -0.1) is 0 Å². The number of imide groups is 1. The molecule has 2 heterocycles. The van der Waals surface area contributed by atoms with Crippen LogP contribution < -0.4 is 10.6 Å². The number of rotatable bonds is 1. The van der Waals surface area contributed by atoms with E-state index in [-0.39, 0.29) is 17.7 Å². The second kappa shape index (κ2) is 4.45. The highest BCUT2D eigenvalue weighted by molar-refractivity contribution is 6.07. The van der Waals surface area contributed by atoms with E-state index in [1.807, 2.05) is 4.90 Å². The summed E-state index contributed by atoms with van der Waals surface area (Å²) in [6.07, 6.45) is 5.84. The molecular formula is C15H21N3O3. The van der Waals surface area contributed by atoms with Gasteiger partial charge in [-0.05, 0) is 43.9 Å². The van der Waals surface area contributed by atoms with Crippen molar-refractivity contribution >= 4 is 17.8 Å². The molecule has 3 atom stereocenters. The van der Waals surface area contributed by atoms with Crippen LogP contribution in [0.25, 0.3) is 0 Å². The number of hydrogen-bond donors (Lipinski definition) is 2. The molecule has 6 heteroatoms. The van der Waals surface area contributed by atoms with Gasteiger partial charge < -0.3 is 10.2 Å². The minimum absolute atomic E-state index is 0.213. The third kappa shape index (κ3) is 1.95. The molecule has 2 N–H and O–H groups in total. The van der Waals surface area contributed by atoms with E-state index in [0.717, 1.165) is 12.3 Å². The summed E-state index contributed by atoms with van der Waals surface area (Å²) < 4.78 is 0. The number of amides is 4. The zero-order valence-electron chi connectivity index (χ0n) is 12.1. The number of piperidine rings is 1. The van der Waals surface area contributed by atoms with Gasteiger partial charge in [-0.2, -0.15) is 0 Å². The maximum absolute atomic E-state index is 12.7. The fourth-order valence-corrected chi connectivity index (χ4v) is 4.77. The average molecular weight is 291 g/mol. The van der Waals surface area contributed by atoms with E-state index in [4.69, 9.17) is 0 Å². The third-order valence-corrected chi connectivity index (χ3v) is 6.00. The molecule has 0 aromatic carbocycles. The van der Waals surface area contributed by atoms with Crippen LogP contribution in [0.1, 0.15) is 38.5 Å². The quantitative estimate of drug-likeness (QED) is 0.695. The van der Waals surface area contributed by atoms with Crippen molar-refractivity contribution in [1.29, 1.82) is 0 Å². The van der Waals surface area contributed by atoms with Crippen molar-refractivity contribution in [3.8, 4) is 0 Å². The van der Waals surface area contributed by atoms with Gasteiger partial charge in [0.05, 0.1) is 0 Å². The second-order valence-electron chi connectivity index (χ2n) is 7.10. The molecule has 2 aliphatic heterocycles. The maximum atomic E-state index is 12.7. The van der Waals surface area contributed by atoms with Crippen LogP contribution in [0.2, 0.25) is 0 Å². The Morgan fingerprint density at radius 3 is 2.43 bits per heavy atom. The molecule has 6 nitrogen and oxygen atoms in total. The molecule has 0 unspecified atom stereocenters. The Balaban J connectivity index is 1.40. The first-order chi connectivity index (χ1) is 10.1. The third-order valence-electron chi connectivity index (χ3n) is 6.00. The molecule has 4 aliphatic rings. The van der Waals surface area contributed by atoms with Crippen LogP contribution in [-0.2, 0) is 9.59 Å². The normalized spacial score (nSPS) is 37.0. The molecule has 2 bridgehead atoms. The van der Waals surface area contributed by atoms with Gasteiger partial charge in [-0.3, -0.25) is 14.9 Å². The number of hydrogen-bond acceptors (Lipinski definition) is 3. The van der Waals surface area contributed by atoms with Gasteiger partial charge in [-0.25, -0.2) is 4.79 Å². The summed E-state index contributed by atoms with van der Waals surface area (Å²) in [7, 11) is 0. The number of nitrogens with one attached hydrogen (secondary N) is 2. The van der Waals surface area contributed by atoms with Gasteiger partial charge in [0, 0.05) is 19.0 Å². The van der Waals surface area contributed by atoms with Gasteiger partial charge in [0.25, 0.3) is 5.91 Å². The first kappa shape index (κ1) is 13.1. The smallest absolute Gasteiger partial charge is 0.322 e. The SMILES string of the molecule is O=C1NC(=O)C2(CCN(C(=O)[C@@H]3C[C@H]4CC[C@H]3C4)CC2)N1. The van der Waals surface area contributed by atoms with Crippen molar-refractivity contribution in [3.05, 3.63) is 0 Å². The summed E-state index contributed by atoms with van der Waals surface area (Å²) in [5.74, 6) is 1.61. The minimum atomic E-state index is -0.775. The van der Waals surface area contributed by atoms with E-state index in [2.05, 4.69) is 10.6 Å². The molecule has 0 radical (unpaired) electrons. The average Bonchev–Trinajstić information content (AvgIpc) is 3.15. The van der Waals surface area contributed by atoms with Crippen LogP contribution in [-0.4, -0.2) is 41.4 Å². The van der Waals surface area contributed by atoms with Gasteiger partial charge in [0.15, 0.2) is 0 Å². The fourth-order valence-electron chi connectivity index (χ4n) is 4.77. The number of likely N-dealkylation sites (tertiary alicyclic amines) is 1. The summed E-state index contributed by atoms with van der Waals surface area (Å²) in [5.41, 5.74) is -0.775. The van der Waals surface area contributed by atoms with Crippen molar-refractivity contribution in [2.45, 2.75) is 44.1 Å². The van der Waals surface area contributed by atoms with Gasteiger partial charge in [-0.1, -0.05) is 6.42 Å². The Hall–Kier alpha value is -1.59. The van der Waals surface area contributed by atoms with E-state index >= 15 is 0 Å². The number of fused-ring (bicyclic) bond motifs is 2. The molecule has 0 aromatic rings. The van der Waals surface area contributed by atoms with Crippen molar-refractivity contribution in [1.82, 2.24) is 15.5 Å². The summed E-state index contributed by atoms with van der Waals surface area (Å²) in [6.45, 7) is 1.14. The lowest BCUT2D eigenvalue weighted by Crippen LogP contribution is -2.56. The standard InChI is InChI=1S/C15H21N3O3/c19-12(11-8-9-1-2-10(11)7-9)18-5-3-15(4-6-18)13(20)16-14(21)17-15/h9-11H,1-8H2,(H2,16,17,20,21)/t9-,10-,11+/m0/s1.